The second-order valence-electron chi connectivity index (χ2n) is 6.74. The smallest absolute Gasteiger partial charge is 0.338 e. The molecule has 0 spiro atoms. The van der Waals surface area contributed by atoms with E-state index in [-0.39, 0.29) is 23.1 Å². The van der Waals surface area contributed by atoms with Gasteiger partial charge in [-0.2, -0.15) is 5.10 Å². The first-order valence-electron chi connectivity index (χ1n) is 9.34. The predicted octanol–water partition coefficient (Wildman–Crippen LogP) is 1.44. The van der Waals surface area contributed by atoms with E-state index in [1.54, 1.807) is 49.5 Å². The average molecular weight is 454 g/mol. The highest BCUT2D eigenvalue weighted by Crippen LogP contribution is 2.31. The number of nitrogens with zero attached hydrogens (tertiary/aromatic N) is 5. The molecule has 3 heterocycles. The van der Waals surface area contributed by atoms with E-state index in [9.17, 15) is 18.0 Å². The molecule has 1 aromatic carbocycles. The van der Waals surface area contributed by atoms with Crippen LogP contribution < -0.4 is 5.32 Å². The van der Waals surface area contributed by atoms with Crippen molar-refractivity contribution in [3.63, 3.8) is 0 Å². The molecule has 0 atom stereocenters. The Labute approximate surface area is 183 Å². The van der Waals surface area contributed by atoms with E-state index in [1.165, 1.54) is 22.7 Å². The Kier molecular flexibility index (Phi) is 5.69. The summed E-state index contributed by atoms with van der Waals surface area (Å²) in [7, 11) is 0.0356. The molecule has 1 N–H and O–H groups in total. The summed E-state index contributed by atoms with van der Waals surface area (Å²) in [5, 5.41) is 7.12. The van der Waals surface area contributed by atoms with Crippen LogP contribution >= 0.6 is 0 Å². The number of benzene rings is 1. The lowest BCUT2D eigenvalue weighted by Gasteiger charge is -2.11. The van der Waals surface area contributed by atoms with Gasteiger partial charge in [-0.25, -0.2) is 27.9 Å². The summed E-state index contributed by atoms with van der Waals surface area (Å²) < 4.78 is 30.9. The number of carbonyl (C=O) groups excluding carboxylic acids is 2. The predicted molar refractivity (Wildman–Crippen MR) is 116 cm³/mol. The van der Waals surface area contributed by atoms with Crippen LogP contribution in [0, 0.1) is 0 Å². The third-order valence-electron chi connectivity index (χ3n) is 4.77. The molecule has 0 aliphatic carbocycles. The minimum Gasteiger partial charge on any atom is -0.465 e. The number of carbonyl (C=O) groups is 2. The first kappa shape index (κ1) is 21.2. The molecule has 0 aliphatic heterocycles. The first-order valence-corrected chi connectivity index (χ1v) is 10.7. The van der Waals surface area contributed by atoms with E-state index in [2.05, 4.69) is 20.4 Å². The molecule has 0 radical (unpaired) electrons. The number of methoxy groups -OCH3 is 1. The lowest BCUT2D eigenvalue weighted by Crippen LogP contribution is -2.18. The van der Waals surface area contributed by atoms with Crippen molar-refractivity contribution in [1.29, 1.82) is 0 Å². The van der Waals surface area contributed by atoms with Crippen LogP contribution in [0.1, 0.15) is 21.0 Å². The minimum absolute atomic E-state index is 0.0950. The maximum Gasteiger partial charge on any atom is 0.338 e. The Morgan fingerprint density at radius 3 is 2.62 bits per heavy atom. The highest BCUT2D eigenvalue weighted by molar-refractivity contribution is 7.71. The van der Waals surface area contributed by atoms with Crippen LogP contribution in [0.15, 0.2) is 48.8 Å². The largest absolute Gasteiger partial charge is 0.465 e. The van der Waals surface area contributed by atoms with Gasteiger partial charge < -0.3 is 14.6 Å². The summed E-state index contributed by atoms with van der Waals surface area (Å²) in [5.74, 6) is -1.12. The van der Waals surface area contributed by atoms with E-state index in [0.717, 1.165) is 0 Å². The molecule has 164 valence electrons. The van der Waals surface area contributed by atoms with Crippen LogP contribution in [0.5, 0.6) is 0 Å². The van der Waals surface area contributed by atoms with E-state index in [1.807, 2.05) is 0 Å². The maximum absolute atomic E-state index is 12.4. The molecule has 11 nitrogen and oxygen atoms in total. The molecule has 0 fully saturated rings. The molecule has 0 saturated heterocycles. The number of hydrogen-bond acceptors (Lipinski definition) is 8. The van der Waals surface area contributed by atoms with Crippen molar-refractivity contribution in [3.8, 4) is 11.3 Å². The van der Waals surface area contributed by atoms with E-state index >= 15 is 0 Å². The van der Waals surface area contributed by atoms with Gasteiger partial charge in [0.05, 0.1) is 18.4 Å². The molecular formula is C20H18N6O5S. The number of esters is 1. The fourth-order valence-corrected chi connectivity index (χ4v) is 3.86. The average Bonchev–Trinajstić information content (AvgIpc) is 3.36. The molecule has 3 aromatic heterocycles. The summed E-state index contributed by atoms with van der Waals surface area (Å²) >= 11 is 0. The number of pyridine rings is 1. The van der Waals surface area contributed by atoms with Gasteiger partial charge in [-0.15, -0.1) is 0 Å². The standard InChI is InChI=1S/C20H18N6O5S/c1-25-18(21-10-22-25)19(27)24-16-8-7-12-9-15(26(11-32(29)30)17(12)23-16)13-5-3-4-6-14(13)20(28)31-2/h3-10,32H,11H2,1-2H3,(H,23,24,27). The molecule has 12 heteroatoms. The highest BCUT2D eigenvalue weighted by Gasteiger charge is 2.20. The fourth-order valence-electron chi connectivity index (χ4n) is 3.35. The van der Waals surface area contributed by atoms with Crippen LogP contribution in [0.25, 0.3) is 22.3 Å². The number of hydrogen-bond donors (Lipinski definition) is 2. The number of anilines is 1. The van der Waals surface area contributed by atoms with Gasteiger partial charge in [0, 0.05) is 18.0 Å². The van der Waals surface area contributed by atoms with Crippen molar-refractivity contribution >= 4 is 39.4 Å². The Hall–Kier alpha value is -4.06. The molecule has 4 rings (SSSR count). The van der Waals surface area contributed by atoms with E-state index < -0.39 is 22.6 Å². The molecular weight excluding hydrogens is 436 g/mol. The molecule has 32 heavy (non-hydrogen) atoms. The van der Waals surface area contributed by atoms with Gasteiger partial charge in [0.2, 0.25) is 5.82 Å². The first-order chi connectivity index (χ1) is 15.4. The van der Waals surface area contributed by atoms with Gasteiger partial charge >= 0.3 is 5.97 Å². The monoisotopic (exact) mass is 454 g/mol. The van der Waals surface area contributed by atoms with Crippen LogP contribution in [-0.4, -0.2) is 51.7 Å². The Morgan fingerprint density at radius 2 is 1.94 bits per heavy atom. The van der Waals surface area contributed by atoms with E-state index in [4.69, 9.17) is 4.74 Å². The molecule has 1 amide bonds. The maximum atomic E-state index is 12.4. The number of aromatic nitrogens is 5. The lowest BCUT2D eigenvalue weighted by atomic mass is 10.0. The summed E-state index contributed by atoms with van der Waals surface area (Å²) in [6.07, 6.45) is 1.26. The second kappa shape index (κ2) is 8.59. The Bertz CT molecular complexity index is 1410. The number of rotatable bonds is 6. The highest BCUT2D eigenvalue weighted by atomic mass is 32.2. The van der Waals surface area contributed by atoms with Crippen LogP contribution in [0.4, 0.5) is 5.82 Å². The number of aryl methyl sites for hydroxylation is 1. The SMILES string of the molecule is COC(=O)c1ccccc1-c1cc2ccc(NC(=O)c3ncnn3C)nc2n1C[SH](=O)=O. The third kappa shape index (κ3) is 3.95. The van der Waals surface area contributed by atoms with Gasteiger partial charge in [-0.1, -0.05) is 18.2 Å². The number of ether oxygens (including phenoxy) is 1. The zero-order valence-electron chi connectivity index (χ0n) is 17.1. The second-order valence-corrected chi connectivity index (χ2v) is 7.69. The van der Waals surface area contributed by atoms with Gasteiger partial charge in [0.1, 0.15) is 23.7 Å². The van der Waals surface area contributed by atoms with Crippen LogP contribution in [0.3, 0.4) is 0 Å². The van der Waals surface area contributed by atoms with Crippen LogP contribution in [0.2, 0.25) is 0 Å². The van der Waals surface area contributed by atoms with Crippen molar-refractivity contribution in [1.82, 2.24) is 24.3 Å². The summed E-state index contributed by atoms with van der Waals surface area (Å²) in [4.78, 5) is 33.0. The Morgan fingerprint density at radius 1 is 1.16 bits per heavy atom. The minimum atomic E-state index is -2.82. The number of fused-ring (bicyclic) bond motifs is 1. The number of nitrogens with one attached hydrogen (secondary N) is 1. The normalized spacial score (nSPS) is 11.1. The molecule has 0 bridgehead atoms. The molecule has 0 unspecified atom stereocenters. The molecule has 0 aliphatic rings. The summed E-state index contributed by atoms with van der Waals surface area (Å²) in [6, 6.07) is 11.8. The van der Waals surface area contributed by atoms with Gasteiger partial charge in [-0.3, -0.25) is 4.79 Å². The topological polar surface area (TPSA) is 138 Å². The lowest BCUT2D eigenvalue weighted by molar-refractivity contribution is 0.0601. The number of amides is 1. The molecule has 4 aromatic rings. The van der Waals surface area contributed by atoms with Crippen molar-refractivity contribution < 1.29 is 22.7 Å². The van der Waals surface area contributed by atoms with E-state index in [0.29, 0.717) is 22.3 Å². The fraction of sp³-hybridized carbons (Fsp3) is 0.150. The molecule has 0 saturated carbocycles. The van der Waals surface area contributed by atoms with Gasteiger partial charge in [-0.05, 0) is 24.3 Å². The zero-order valence-corrected chi connectivity index (χ0v) is 17.9. The van der Waals surface area contributed by atoms with Crippen molar-refractivity contribution in [2.24, 2.45) is 7.05 Å². The van der Waals surface area contributed by atoms with Crippen molar-refractivity contribution in [2.75, 3.05) is 12.4 Å². The van der Waals surface area contributed by atoms with Crippen LogP contribution in [-0.2, 0) is 28.4 Å². The Balaban J connectivity index is 1.83. The summed E-state index contributed by atoms with van der Waals surface area (Å²) in [5.41, 5.74) is 1.59. The third-order valence-corrected chi connectivity index (χ3v) is 5.28. The zero-order chi connectivity index (χ0) is 22.8. The van der Waals surface area contributed by atoms with Crippen molar-refractivity contribution in [3.05, 3.63) is 60.2 Å². The van der Waals surface area contributed by atoms with Gasteiger partial charge in [0.25, 0.3) is 5.91 Å². The quantitative estimate of drug-likeness (QED) is 0.330. The van der Waals surface area contributed by atoms with Crippen molar-refractivity contribution in [2.45, 2.75) is 5.88 Å². The van der Waals surface area contributed by atoms with Gasteiger partial charge in [0.15, 0.2) is 10.7 Å². The summed E-state index contributed by atoms with van der Waals surface area (Å²) in [6.45, 7) is 0. The number of thiol groups is 1.